The van der Waals surface area contributed by atoms with Gasteiger partial charge in [-0.05, 0) is 80.5 Å². The third-order valence-corrected chi connectivity index (χ3v) is 4.84. The molecule has 0 amide bonds. The lowest BCUT2D eigenvalue weighted by molar-refractivity contribution is -0.137. The Hall–Kier alpha value is -2.95. The second-order valence-electron chi connectivity index (χ2n) is 7.45. The van der Waals surface area contributed by atoms with E-state index in [1.807, 2.05) is 36.4 Å². The molecule has 0 spiro atoms. The van der Waals surface area contributed by atoms with Crippen LogP contribution >= 0.6 is 0 Å². The van der Waals surface area contributed by atoms with Gasteiger partial charge in [0.25, 0.3) is 0 Å². The molecule has 0 radical (unpaired) electrons. The minimum atomic E-state index is -0.359. The molecule has 5 nitrogen and oxygen atoms in total. The lowest BCUT2D eigenvalue weighted by atomic mass is 10.1. The average molecular weight is 423 g/mol. The molecular formula is C26H34N2O3. The topological polar surface area (TPSA) is 60.2 Å². The number of benzene rings is 2. The van der Waals surface area contributed by atoms with Gasteiger partial charge < -0.3 is 9.47 Å². The van der Waals surface area contributed by atoms with Crippen LogP contribution in [0.25, 0.3) is 0 Å². The Balaban J connectivity index is 1.64. The van der Waals surface area contributed by atoms with E-state index in [4.69, 9.17) is 9.47 Å². The number of hydrogen-bond acceptors (Lipinski definition) is 5. The van der Waals surface area contributed by atoms with E-state index in [1.165, 1.54) is 30.9 Å². The van der Waals surface area contributed by atoms with Crippen LogP contribution in [0, 0.1) is 0 Å². The molecule has 0 bridgehead atoms. The molecule has 2 aromatic carbocycles. The van der Waals surface area contributed by atoms with Crippen molar-refractivity contribution < 1.29 is 14.3 Å². The van der Waals surface area contributed by atoms with Crippen LogP contribution in [0.2, 0.25) is 0 Å². The van der Waals surface area contributed by atoms with Crippen LogP contribution in [-0.4, -0.2) is 19.2 Å². The van der Waals surface area contributed by atoms with E-state index in [9.17, 15) is 4.79 Å². The Morgan fingerprint density at radius 1 is 0.839 bits per heavy atom. The number of nitrogens with zero attached hydrogens (tertiary/aromatic N) is 2. The zero-order chi connectivity index (χ0) is 22.2. The Bertz CT molecular complexity index is 798. The molecule has 0 heterocycles. The van der Waals surface area contributed by atoms with E-state index in [0.717, 1.165) is 49.2 Å². The highest BCUT2D eigenvalue weighted by atomic mass is 16.5. The van der Waals surface area contributed by atoms with Gasteiger partial charge in [0.15, 0.2) is 0 Å². The smallest absolute Gasteiger partial charge is 0.330 e. The van der Waals surface area contributed by atoms with Gasteiger partial charge in [-0.1, -0.05) is 38.5 Å². The molecule has 0 fully saturated rings. The number of azo groups is 1. The molecule has 2 rings (SSSR count). The van der Waals surface area contributed by atoms with E-state index < -0.39 is 0 Å². The summed E-state index contributed by atoms with van der Waals surface area (Å²) in [6, 6.07) is 16.0. The molecule has 0 atom stereocenters. The molecule has 0 aliphatic rings. The summed E-state index contributed by atoms with van der Waals surface area (Å²) >= 11 is 0. The highest BCUT2D eigenvalue weighted by Gasteiger charge is 1.98. The first-order valence-electron chi connectivity index (χ1n) is 11.2. The molecule has 31 heavy (non-hydrogen) atoms. The van der Waals surface area contributed by atoms with E-state index >= 15 is 0 Å². The molecule has 0 saturated heterocycles. The molecule has 0 aliphatic heterocycles. The van der Waals surface area contributed by atoms with Gasteiger partial charge in [-0.15, -0.1) is 0 Å². The third-order valence-electron chi connectivity index (χ3n) is 4.84. The Morgan fingerprint density at radius 3 is 2.06 bits per heavy atom. The van der Waals surface area contributed by atoms with Gasteiger partial charge in [0.1, 0.15) is 5.75 Å². The number of carbonyl (C=O) groups excluding carboxylic acids is 1. The van der Waals surface area contributed by atoms with Crippen molar-refractivity contribution in [1.82, 2.24) is 0 Å². The quantitative estimate of drug-likeness (QED) is 0.129. The van der Waals surface area contributed by atoms with Crippen molar-refractivity contribution in [3.63, 3.8) is 0 Å². The lowest BCUT2D eigenvalue weighted by Gasteiger charge is -2.06. The maximum absolute atomic E-state index is 10.9. The van der Waals surface area contributed by atoms with Crippen molar-refractivity contribution in [2.24, 2.45) is 10.2 Å². The highest BCUT2D eigenvalue weighted by Crippen LogP contribution is 2.22. The van der Waals surface area contributed by atoms with E-state index in [2.05, 4.69) is 35.9 Å². The van der Waals surface area contributed by atoms with Gasteiger partial charge in [-0.25, -0.2) is 4.79 Å². The molecule has 166 valence electrons. The standard InChI is InChI=1S/C26H34N2O3/c1-3-5-8-11-22-12-14-23(15-13-22)27-28-24-16-18-25(19-17-24)30-20-9-6-7-10-21-31-26(29)4-2/h4,12-19H,2-3,5-11,20-21H2,1H3. The first-order valence-corrected chi connectivity index (χ1v) is 11.2. The number of esters is 1. The number of ether oxygens (including phenoxy) is 2. The molecule has 2 aromatic rings. The van der Waals surface area contributed by atoms with Gasteiger partial charge in [0.05, 0.1) is 24.6 Å². The average Bonchev–Trinajstić information content (AvgIpc) is 2.81. The molecule has 5 heteroatoms. The van der Waals surface area contributed by atoms with Gasteiger partial charge in [-0.2, -0.15) is 10.2 Å². The maximum Gasteiger partial charge on any atom is 0.330 e. The van der Waals surface area contributed by atoms with Crippen molar-refractivity contribution in [2.45, 2.75) is 58.3 Å². The fourth-order valence-electron chi connectivity index (χ4n) is 3.01. The van der Waals surface area contributed by atoms with Crippen LogP contribution in [0.15, 0.2) is 71.4 Å². The SMILES string of the molecule is C=CC(=O)OCCCCCCOc1ccc(N=Nc2ccc(CCCCC)cc2)cc1. The summed E-state index contributed by atoms with van der Waals surface area (Å²) in [6.07, 6.45) is 9.93. The minimum Gasteiger partial charge on any atom is -0.494 e. The van der Waals surface area contributed by atoms with Gasteiger partial charge in [0, 0.05) is 6.08 Å². The summed E-state index contributed by atoms with van der Waals surface area (Å²) in [6.45, 7) is 6.70. The van der Waals surface area contributed by atoms with Crippen molar-refractivity contribution in [3.05, 3.63) is 66.7 Å². The van der Waals surface area contributed by atoms with E-state index in [1.54, 1.807) is 0 Å². The van der Waals surface area contributed by atoms with Crippen LogP contribution in [0.5, 0.6) is 5.75 Å². The zero-order valence-corrected chi connectivity index (χ0v) is 18.6. The summed E-state index contributed by atoms with van der Waals surface area (Å²) in [5.41, 5.74) is 3.01. The van der Waals surface area contributed by atoms with Crippen LogP contribution in [-0.2, 0) is 16.0 Å². The van der Waals surface area contributed by atoms with Crippen LogP contribution in [0.4, 0.5) is 11.4 Å². The second kappa shape index (κ2) is 14.9. The molecule has 0 saturated carbocycles. The summed E-state index contributed by atoms with van der Waals surface area (Å²) in [7, 11) is 0. The summed E-state index contributed by atoms with van der Waals surface area (Å²) in [5.74, 6) is 0.470. The number of hydrogen-bond donors (Lipinski definition) is 0. The largest absolute Gasteiger partial charge is 0.494 e. The van der Waals surface area contributed by atoms with Crippen LogP contribution < -0.4 is 4.74 Å². The maximum atomic E-state index is 10.9. The van der Waals surface area contributed by atoms with Crippen LogP contribution in [0.3, 0.4) is 0 Å². The first kappa shape index (κ1) is 24.3. The molecule has 0 unspecified atom stereocenters. The zero-order valence-electron chi connectivity index (χ0n) is 18.6. The molecular weight excluding hydrogens is 388 g/mol. The van der Waals surface area contributed by atoms with Crippen LogP contribution in [0.1, 0.15) is 57.4 Å². The molecule has 0 aromatic heterocycles. The summed E-state index contributed by atoms with van der Waals surface area (Å²) in [4.78, 5) is 10.9. The van der Waals surface area contributed by atoms with Gasteiger partial charge >= 0.3 is 5.97 Å². The normalized spacial score (nSPS) is 10.9. The van der Waals surface area contributed by atoms with Crippen molar-refractivity contribution in [2.75, 3.05) is 13.2 Å². The fraction of sp³-hybridized carbons (Fsp3) is 0.423. The Kier molecular flexibility index (Phi) is 11.7. The number of aryl methyl sites for hydroxylation is 1. The van der Waals surface area contributed by atoms with Gasteiger partial charge in [0.2, 0.25) is 0 Å². The first-order chi connectivity index (χ1) is 15.2. The van der Waals surface area contributed by atoms with Crippen molar-refractivity contribution >= 4 is 17.3 Å². The number of carbonyl (C=O) groups is 1. The minimum absolute atomic E-state index is 0.359. The predicted octanol–water partition coefficient (Wildman–Crippen LogP) is 7.50. The summed E-state index contributed by atoms with van der Waals surface area (Å²) < 4.78 is 10.7. The van der Waals surface area contributed by atoms with Crippen molar-refractivity contribution in [3.8, 4) is 5.75 Å². The fourth-order valence-corrected chi connectivity index (χ4v) is 3.01. The highest BCUT2D eigenvalue weighted by molar-refractivity contribution is 5.81. The second-order valence-corrected chi connectivity index (χ2v) is 7.45. The number of unbranched alkanes of at least 4 members (excludes halogenated alkanes) is 5. The number of rotatable bonds is 15. The Morgan fingerprint density at radius 2 is 1.45 bits per heavy atom. The monoisotopic (exact) mass is 422 g/mol. The summed E-state index contributed by atoms with van der Waals surface area (Å²) in [5, 5.41) is 8.63. The van der Waals surface area contributed by atoms with E-state index in [-0.39, 0.29) is 5.97 Å². The molecule has 0 aliphatic carbocycles. The third kappa shape index (κ3) is 10.6. The predicted molar refractivity (Wildman–Crippen MR) is 125 cm³/mol. The lowest BCUT2D eigenvalue weighted by Crippen LogP contribution is -2.02. The molecule has 0 N–H and O–H groups in total. The van der Waals surface area contributed by atoms with Gasteiger partial charge in [-0.3, -0.25) is 0 Å². The van der Waals surface area contributed by atoms with Crippen molar-refractivity contribution in [1.29, 1.82) is 0 Å². The van der Waals surface area contributed by atoms with E-state index in [0.29, 0.717) is 13.2 Å². The Labute approximate surface area is 186 Å².